The quantitative estimate of drug-likeness (QED) is 0.259. The van der Waals surface area contributed by atoms with Gasteiger partial charge in [-0.25, -0.2) is 16.8 Å². The van der Waals surface area contributed by atoms with Gasteiger partial charge < -0.3 is 11.5 Å². The van der Waals surface area contributed by atoms with Crippen molar-refractivity contribution >= 4 is 17.8 Å². The molecule has 0 unspecified atom stereocenters. The SMILES string of the molecule is Nc1nc(N)nc(N(N)N)n1. The zero-order valence-corrected chi connectivity index (χ0v) is 5.60. The van der Waals surface area contributed by atoms with E-state index in [2.05, 4.69) is 15.0 Å². The van der Waals surface area contributed by atoms with E-state index in [1.807, 2.05) is 0 Å². The molecular weight excluding hydrogens is 148 g/mol. The molecule has 0 atom stereocenters. The van der Waals surface area contributed by atoms with E-state index in [0.717, 1.165) is 0 Å². The molecule has 8 nitrogen and oxygen atoms in total. The van der Waals surface area contributed by atoms with Crippen LogP contribution in [-0.4, -0.2) is 15.0 Å². The third-order valence-electron chi connectivity index (χ3n) is 0.889. The van der Waals surface area contributed by atoms with E-state index in [1.54, 1.807) is 0 Å². The van der Waals surface area contributed by atoms with Crippen LogP contribution in [0.1, 0.15) is 0 Å². The van der Waals surface area contributed by atoms with Gasteiger partial charge >= 0.3 is 0 Å². The van der Waals surface area contributed by atoms with Crippen molar-refractivity contribution in [2.24, 2.45) is 11.7 Å². The fourth-order valence-electron chi connectivity index (χ4n) is 0.513. The highest BCUT2D eigenvalue weighted by molar-refractivity contribution is 5.36. The summed E-state index contributed by atoms with van der Waals surface area (Å²) in [6, 6.07) is 0. The van der Waals surface area contributed by atoms with Gasteiger partial charge in [0.05, 0.1) is 0 Å². The lowest BCUT2D eigenvalue weighted by Gasteiger charge is -2.08. The number of nitrogens with two attached hydrogens (primary N) is 4. The van der Waals surface area contributed by atoms with Gasteiger partial charge in [0.2, 0.25) is 11.9 Å². The minimum absolute atomic E-state index is 0.0200. The Balaban J connectivity index is 3.08. The summed E-state index contributed by atoms with van der Waals surface area (Å²) < 4.78 is 0. The Morgan fingerprint density at radius 3 is 1.73 bits per heavy atom. The van der Waals surface area contributed by atoms with Crippen LogP contribution in [0.4, 0.5) is 17.8 Å². The third-order valence-corrected chi connectivity index (χ3v) is 0.889. The van der Waals surface area contributed by atoms with Crippen LogP contribution in [0.15, 0.2) is 0 Å². The summed E-state index contributed by atoms with van der Waals surface area (Å²) in [4.78, 5) is 10.7. The van der Waals surface area contributed by atoms with Crippen molar-refractivity contribution in [3.05, 3.63) is 0 Å². The van der Waals surface area contributed by atoms with Gasteiger partial charge in [0.1, 0.15) is 0 Å². The van der Waals surface area contributed by atoms with E-state index in [0.29, 0.717) is 5.12 Å². The minimum atomic E-state index is -0.0200. The summed E-state index contributed by atoms with van der Waals surface area (Å²) in [5.41, 5.74) is 10.4. The van der Waals surface area contributed by atoms with Gasteiger partial charge in [-0.2, -0.15) is 15.0 Å². The first kappa shape index (κ1) is 7.44. The van der Waals surface area contributed by atoms with Crippen LogP contribution in [0.25, 0.3) is 0 Å². The fourth-order valence-corrected chi connectivity index (χ4v) is 0.513. The summed E-state index contributed by atoms with van der Waals surface area (Å²) in [5, 5.41) is 0.703. The average molecular weight is 156 g/mol. The zero-order chi connectivity index (χ0) is 8.43. The molecule has 8 N–H and O–H groups in total. The number of aromatic nitrogens is 3. The Morgan fingerprint density at radius 1 is 0.909 bits per heavy atom. The molecule has 8 heteroatoms. The van der Waals surface area contributed by atoms with Gasteiger partial charge in [0.15, 0.2) is 0 Å². The smallest absolute Gasteiger partial charge is 0.261 e. The maximum atomic E-state index is 5.22. The van der Waals surface area contributed by atoms with E-state index in [4.69, 9.17) is 23.2 Å². The van der Waals surface area contributed by atoms with Crippen molar-refractivity contribution in [3.8, 4) is 0 Å². The van der Waals surface area contributed by atoms with E-state index in [1.165, 1.54) is 0 Å². The van der Waals surface area contributed by atoms with Gasteiger partial charge in [-0.1, -0.05) is 0 Å². The standard InChI is InChI=1S/C3H8N8/c4-1-8-2(5)10-3(9-1)11(6)7/h6-7H2,(H4,4,5,8,9,10). The van der Waals surface area contributed by atoms with Crippen LogP contribution in [0.2, 0.25) is 0 Å². The first-order chi connectivity index (χ1) is 5.09. The molecule has 0 aliphatic heterocycles. The molecule has 0 aliphatic rings. The number of hydrogen-bond acceptors (Lipinski definition) is 8. The summed E-state index contributed by atoms with van der Waals surface area (Å²) >= 11 is 0. The van der Waals surface area contributed by atoms with E-state index >= 15 is 0 Å². The molecular formula is C3H8N8. The van der Waals surface area contributed by atoms with Gasteiger partial charge in [-0.3, -0.25) is 0 Å². The fraction of sp³-hybridized carbons (Fsp3) is 0. The number of nitrogens with zero attached hydrogens (tertiary/aromatic N) is 4. The van der Waals surface area contributed by atoms with E-state index in [-0.39, 0.29) is 17.8 Å². The minimum Gasteiger partial charge on any atom is -0.368 e. The molecule has 1 aromatic rings. The Labute approximate surface area is 62.2 Å². The molecule has 0 fully saturated rings. The zero-order valence-electron chi connectivity index (χ0n) is 5.60. The molecule has 1 rings (SSSR count). The first-order valence-corrected chi connectivity index (χ1v) is 2.66. The normalized spacial score (nSPS) is 9.64. The molecule has 1 aromatic heterocycles. The molecule has 11 heavy (non-hydrogen) atoms. The van der Waals surface area contributed by atoms with Gasteiger partial charge in [0.25, 0.3) is 5.95 Å². The maximum Gasteiger partial charge on any atom is 0.261 e. The Kier molecular flexibility index (Phi) is 1.70. The number of rotatable bonds is 1. The largest absolute Gasteiger partial charge is 0.368 e. The summed E-state index contributed by atoms with van der Waals surface area (Å²) in [6.07, 6.45) is 0. The predicted octanol–water partition coefficient (Wildman–Crippen LogP) is -2.41. The topological polar surface area (TPSA) is 146 Å². The highest BCUT2D eigenvalue weighted by atomic mass is 15.6. The highest BCUT2D eigenvalue weighted by Crippen LogP contribution is 2.02. The summed E-state index contributed by atoms with van der Waals surface area (Å²) in [5.74, 6) is 10.2. The first-order valence-electron chi connectivity index (χ1n) is 2.66. The van der Waals surface area contributed by atoms with Crippen molar-refractivity contribution in [3.63, 3.8) is 0 Å². The van der Waals surface area contributed by atoms with Crippen LogP contribution in [0.5, 0.6) is 0 Å². The average Bonchev–Trinajstić information content (AvgIpc) is 1.85. The van der Waals surface area contributed by atoms with Crippen molar-refractivity contribution in [1.82, 2.24) is 15.0 Å². The molecule has 1 heterocycles. The number of nitrogen functional groups attached to an aromatic ring is 2. The second-order valence-electron chi connectivity index (χ2n) is 1.76. The Morgan fingerprint density at radius 2 is 1.36 bits per heavy atom. The van der Waals surface area contributed by atoms with Crippen LogP contribution >= 0.6 is 0 Å². The number of anilines is 3. The van der Waals surface area contributed by atoms with Crippen LogP contribution in [0, 0.1) is 0 Å². The third kappa shape index (κ3) is 1.63. The lowest BCUT2D eigenvalue weighted by atomic mass is 10.8. The number of hydrazine groups is 2. The molecule has 0 aliphatic carbocycles. The maximum absolute atomic E-state index is 5.22. The van der Waals surface area contributed by atoms with Crippen LogP contribution in [0.3, 0.4) is 0 Å². The Hall–Kier alpha value is -1.67. The van der Waals surface area contributed by atoms with Crippen molar-refractivity contribution < 1.29 is 0 Å². The van der Waals surface area contributed by atoms with Crippen LogP contribution < -0.4 is 28.3 Å². The molecule has 60 valence electrons. The Bertz CT molecular complexity index is 235. The van der Waals surface area contributed by atoms with Crippen LogP contribution in [-0.2, 0) is 0 Å². The molecule has 0 bridgehead atoms. The van der Waals surface area contributed by atoms with Gasteiger partial charge in [-0.15, -0.1) is 0 Å². The lowest BCUT2D eigenvalue weighted by molar-refractivity contribution is 0.854. The molecule has 0 saturated carbocycles. The van der Waals surface area contributed by atoms with E-state index < -0.39 is 0 Å². The van der Waals surface area contributed by atoms with E-state index in [9.17, 15) is 0 Å². The molecule has 0 aromatic carbocycles. The second-order valence-corrected chi connectivity index (χ2v) is 1.76. The van der Waals surface area contributed by atoms with Gasteiger partial charge in [-0.05, 0) is 0 Å². The summed E-state index contributed by atoms with van der Waals surface area (Å²) in [7, 11) is 0. The van der Waals surface area contributed by atoms with Crippen molar-refractivity contribution in [1.29, 1.82) is 0 Å². The lowest BCUT2D eigenvalue weighted by Crippen LogP contribution is -2.39. The van der Waals surface area contributed by atoms with Gasteiger partial charge in [0, 0.05) is 0 Å². The monoisotopic (exact) mass is 156 g/mol. The van der Waals surface area contributed by atoms with Crippen molar-refractivity contribution in [2.75, 3.05) is 16.6 Å². The second kappa shape index (κ2) is 2.52. The predicted molar refractivity (Wildman–Crippen MR) is 39.5 cm³/mol. The van der Waals surface area contributed by atoms with Crippen molar-refractivity contribution in [2.45, 2.75) is 0 Å². The molecule has 0 radical (unpaired) electrons. The molecule has 0 spiro atoms. The highest BCUT2D eigenvalue weighted by Gasteiger charge is 2.02. The number of hydrogen-bond donors (Lipinski definition) is 4. The summed E-state index contributed by atoms with van der Waals surface area (Å²) in [6.45, 7) is 0. The molecule has 0 saturated heterocycles. The molecule has 0 amide bonds.